The van der Waals surface area contributed by atoms with E-state index in [-0.39, 0.29) is 6.04 Å². The summed E-state index contributed by atoms with van der Waals surface area (Å²) in [6.07, 6.45) is 3.71. The Morgan fingerprint density at radius 1 is 1.10 bits per heavy atom. The first-order chi connectivity index (χ1) is 10.2. The van der Waals surface area contributed by atoms with E-state index in [1.165, 1.54) is 0 Å². The standard InChI is InChI=1S/C18H24N2O/c1-14(2)13-17(16-8-5-6-11-19-16)20-12-10-15-7-3-4-9-18(15)21/h3-9,11,14,17,20-21H,10,12-13H2,1-2H3. The molecule has 3 nitrogen and oxygen atoms in total. The first kappa shape index (κ1) is 15.5. The molecule has 0 amide bonds. The second kappa shape index (κ2) is 7.79. The molecule has 1 atom stereocenters. The third-order valence-electron chi connectivity index (χ3n) is 3.53. The highest BCUT2D eigenvalue weighted by atomic mass is 16.3. The molecule has 112 valence electrons. The van der Waals surface area contributed by atoms with Crippen molar-refractivity contribution >= 4 is 0 Å². The Morgan fingerprint density at radius 2 is 1.86 bits per heavy atom. The molecule has 1 aromatic heterocycles. The second-order valence-corrected chi connectivity index (χ2v) is 5.77. The Bertz CT molecular complexity index is 540. The number of hydrogen-bond donors (Lipinski definition) is 2. The summed E-state index contributed by atoms with van der Waals surface area (Å²) in [4.78, 5) is 4.46. The lowest BCUT2D eigenvalue weighted by Crippen LogP contribution is -2.25. The molecule has 0 aliphatic rings. The summed E-state index contributed by atoms with van der Waals surface area (Å²) in [6.45, 7) is 5.27. The van der Waals surface area contributed by atoms with Crippen LogP contribution in [0.5, 0.6) is 5.75 Å². The van der Waals surface area contributed by atoms with Gasteiger partial charge in [0, 0.05) is 12.2 Å². The fourth-order valence-electron chi connectivity index (χ4n) is 2.47. The SMILES string of the molecule is CC(C)CC(NCCc1ccccc1O)c1ccccn1. The van der Waals surface area contributed by atoms with Gasteiger partial charge in [-0.05, 0) is 49.1 Å². The van der Waals surface area contributed by atoms with Crippen LogP contribution in [0.4, 0.5) is 0 Å². The van der Waals surface area contributed by atoms with Crippen molar-refractivity contribution in [2.45, 2.75) is 32.7 Å². The van der Waals surface area contributed by atoms with Crippen LogP contribution in [-0.2, 0) is 6.42 Å². The van der Waals surface area contributed by atoms with E-state index in [1.54, 1.807) is 6.07 Å². The van der Waals surface area contributed by atoms with E-state index in [1.807, 2.05) is 36.5 Å². The van der Waals surface area contributed by atoms with Gasteiger partial charge in [0.15, 0.2) is 0 Å². The zero-order chi connectivity index (χ0) is 15.1. The van der Waals surface area contributed by atoms with Crippen LogP contribution in [0.3, 0.4) is 0 Å². The van der Waals surface area contributed by atoms with E-state index in [9.17, 15) is 5.11 Å². The predicted octanol–water partition coefficient (Wildman–Crippen LogP) is 3.71. The molecule has 0 radical (unpaired) electrons. The Morgan fingerprint density at radius 3 is 2.52 bits per heavy atom. The fraction of sp³-hybridized carbons (Fsp3) is 0.389. The van der Waals surface area contributed by atoms with Crippen LogP contribution in [0.25, 0.3) is 0 Å². The topological polar surface area (TPSA) is 45.1 Å². The summed E-state index contributed by atoms with van der Waals surface area (Å²) in [7, 11) is 0. The first-order valence-electron chi connectivity index (χ1n) is 7.58. The number of nitrogens with one attached hydrogen (secondary N) is 1. The van der Waals surface area contributed by atoms with Gasteiger partial charge in [-0.2, -0.15) is 0 Å². The minimum absolute atomic E-state index is 0.261. The fourth-order valence-corrected chi connectivity index (χ4v) is 2.47. The van der Waals surface area contributed by atoms with Crippen molar-refractivity contribution in [2.24, 2.45) is 5.92 Å². The van der Waals surface area contributed by atoms with Gasteiger partial charge in [-0.3, -0.25) is 4.98 Å². The molecule has 21 heavy (non-hydrogen) atoms. The zero-order valence-electron chi connectivity index (χ0n) is 12.8. The maximum Gasteiger partial charge on any atom is 0.118 e. The van der Waals surface area contributed by atoms with Crippen molar-refractivity contribution in [2.75, 3.05) is 6.54 Å². The molecular formula is C18H24N2O. The molecule has 0 aliphatic carbocycles. The van der Waals surface area contributed by atoms with E-state index < -0.39 is 0 Å². The maximum absolute atomic E-state index is 9.80. The van der Waals surface area contributed by atoms with Crippen molar-refractivity contribution in [3.8, 4) is 5.75 Å². The molecule has 1 heterocycles. The van der Waals surface area contributed by atoms with E-state index in [2.05, 4.69) is 30.2 Å². The minimum atomic E-state index is 0.261. The summed E-state index contributed by atoms with van der Waals surface area (Å²) in [6, 6.07) is 13.8. The van der Waals surface area contributed by atoms with Crippen molar-refractivity contribution in [3.63, 3.8) is 0 Å². The molecule has 0 spiro atoms. The highest BCUT2D eigenvalue weighted by molar-refractivity contribution is 5.31. The van der Waals surface area contributed by atoms with Gasteiger partial charge in [0.1, 0.15) is 5.75 Å². The van der Waals surface area contributed by atoms with Gasteiger partial charge in [0.25, 0.3) is 0 Å². The molecule has 3 heteroatoms. The van der Waals surface area contributed by atoms with Gasteiger partial charge in [-0.1, -0.05) is 38.1 Å². The maximum atomic E-state index is 9.80. The second-order valence-electron chi connectivity index (χ2n) is 5.77. The van der Waals surface area contributed by atoms with Crippen LogP contribution in [-0.4, -0.2) is 16.6 Å². The minimum Gasteiger partial charge on any atom is -0.508 e. The van der Waals surface area contributed by atoms with Gasteiger partial charge < -0.3 is 10.4 Å². The number of phenols is 1. The molecule has 1 aromatic carbocycles. The summed E-state index contributed by atoms with van der Waals surface area (Å²) in [5.74, 6) is 0.979. The number of para-hydroxylation sites is 1. The van der Waals surface area contributed by atoms with E-state index in [4.69, 9.17) is 0 Å². The molecule has 2 N–H and O–H groups in total. The molecule has 0 saturated carbocycles. The van der Waals surface area contributed by atoms with E-state index in [0.29, 0.717) is 11.7 Å². The lowest BCUT2D eigenvalue weighted by atomic mass is 10.00. The Labute approximate surface area is 127 Å². The molecular weight excluding hydrogens is 260 g/mol. The van der Waals surface area contributed by atoms with Crippen LogP contribution >= 0.6 is 0 Å². The summed E-state index contributed by atoms with van der Waals surface area (Å²) in [5.41, 5.74) is 2.07. The van der Waals surface area contributed by atoms with Crippen LogP contribution in [0.2, 0.25) is 0 Å². The average Bonchev–Trinajstić information content (AvgIpc) is 2.49. The molecule has 0 aliphatic heterocycles. The average molecular weight is 284 g/mol. The Balaban J connectivity index is 1.95. The van der Waals surface area contributed by atoms with Gasteiger partial charge in [-0.25, -0.2) is 0 Å². The van der Waals surface area contributed by atoms with Crippen LogP contribution < -0.4 is 5.32 Å². The number of nitrogens with zero attached hydrogens (tertiary/aromatic N) is 1. The van der Waals surface area contributed by atoms with Gasteiger partial charge in [-0.15, -0.1) is 0 Å². The summed E-state index contributed by atoms with van der Waals surface area (Å²) >= 11 is 0. The van der Waals surface area contributed by atoms with Crippen molar-refractivity contribution in [1.29, 1.82) is 0 Å². The number of hydrogen-bond acceptors (Lipinski definition) is 3. The smallest absolute Gasteiger partial charge is 0.118 e. The Hall–Kier alpha value is -1.87. The molecule has 1 unspecified atom stereocenters. The number of benzene rings is 1. The largest absolute Gasteiger partial charge is 0.508 e. The van der Waals surface area contributed by atoms with E-state index in [0.717, 1.165) is 30.6 Å². The van der Waals surface area contributed by atoms with Crippen LogP contribution in [0.15, 0.2) is 48.7 Å². The van der Waals surface area contributed by atoms with Gasteiger partial charge >= 0.3 is 0 Å². The number of rotatable bonds is 7. The summed E-state index contributed by atoms with van der Waals surface area (Å²) < 4.78 is 0. The van der Waals surface area contributed by atoms with Crippen molar-refractivity contribution in [3.05, 3.63) is 59.9 Å². The Kier molecular flexibility index (Phi) is 5.76. The third-order valence-corrected chi connectivity index (χ3v) is 3.53. The number of aromatic nitrogens is 1. The molecule has 2 aromatic rings. The van der Waals surface area contributed by atoms with Crippen LogP contribution in [0.1, 0.15) is 37.6 Å². The molecule has 0 bridgehead atoms. The summed E-state index contributed by atoms with van der Waals surface area (Å²) in [5, 5.41) is 13.4. The molecule has 0 saturated heterocycles. The zero-order valence-corrected chi connectivity index (χ0v) is 12.8. The van der Waals surface area contributed by atoms with Gasteiger partial charge in [0.05, 0.1) is 5.69 Å². The lowest BCUT2D eigenvalue weighted by molar-refractivity contribution is 0.421. The quantitative estimate of drug-likeness (QED) is 0.814. The third kappa shape index (κ3) is 4.87. The highest BCUT2D eigenvalue weighted by Crippen LogP contribution is 2.20. The normalized spacial score (nSPS) is 12.5. The van der Waals surface area contributed by atoms with Crippen LogP contribution in [0, 0.1) is 5.92 Å². The van der Waals surface area contributed by atoms with E-state index >= 15 is 0 Å². The number of aromatic hydroxyl groups is 1. The van der Waals surface area contributed by atoms with Gasteiger partial charge in [0.2, 0.25) is 0 Å². The molecule has 0 fully saturated rings. The highest BCUT2D eigenvalue weighted by Gasteiger charge is 2.13. The monoisotopic (exact) mass is 284 g/mol. The lowest BCUT2D eigenvalue weighted by Gasteiger charge is -2.20. The van der Waals surface area contributed by atoms with Crippen molar-refractivity contribution < 1.29 is 5.11 Å². The number of pyridine rings is 1. The first-order valence-corrected chi connectivity index (χ1v) is 7.58. The molecule has 2 rings (SSSR count). The predicted molar refractivity (Wildman–Crippen MR) is 86.2 cm³/mol. The van der Waals surface area contributed by atoms with Crippen molar-refractivity contribution in [1.82, 2.24) is 10.3 Å². The number of phenolic OH excluding ortho intramolecular Hbond substituents is 1.